The zero-order valence-corrected chi connectivity index (χ0v) is 12.5. The van der Waals surface area contributed by atoms with Gasteiger partial charge in [-0.3, -0.25) is 0 Å². The van der Waals surface area contributed by atoms with Crippen LogP contribution in [0.25, 0.3) is 0 Å². The van der Waals surface area contributed by atoms with Crippen molar-refractivity contribution in [1.29, 1.82) is 0 Å². The van der Waals surface area contributed by atoms with Crippen LogP contribution in [0, 0.1) is 17.8 Å². The Morgan fingerprint density at radius 2 is 1.76 bits per heavy atom. The summed E-state index contributed by atoms with van der Waals surface area (Å²) in [5, 5.41) is 3.67. The number of hydrogen-bond acceptors (Lipinski definition) is 1. The first kappa shape index (κ1) is 15.0. The minimum Gasteiger partial charge on any atom is -0.314 e. The van der Waals surface area contributed by atoms with E-state index in [0.29, 0.717) is 6.04 Å². The maximum Gasteiger partial charge on any atom is 0.00104 e. The number of rotatable bonds is 6. The van der Waals surface area contributed by atoms with E-state index in [0.717, 1.165) is 17.8 Å². The quantitative estimate of drug-likeness (QED) is 0.667. The van der Waals surface area contributed by atoms with Crippen LogP contribution < -0.4 is 5.32 Å². The minimum absolute atomic E-state index is 0.639. The molecule has 17 heavy (non-hydrogen) atoms. The van der Waals surface area contributed by atoms with Crippen LogP contribution >= 0.6 is 0 Å². The summed E-state index contributed by atoms with van der Waals surface area (Å²) in [5.41, 5.74) is 0. The average molecular weight is 239 g/mol. The lowest BCUT2D eigenvalue weighted by atomic mass is 9.77. The fourth-order valence-corrected chi connectivity index (χ4v) is 3.47. The number of nitrogens with one attached hydrogen (secondary N) is 1. The van der Waals surface area contributed by atoms with Crippen LogP contribution in [0.1, 0.15) is 72.6 Å². The molecule has 1 fully saturated rings. The van der Waals surface area contributed by atoms with Crippen molar-refractivity contribution in [3.8, 4) is 0 Å². The Bertz CT molecular complexity index is 188. The monoisotopic (exact) mass is 239 g/mol. The van der Waals surface area contributed by atoms with Gasteiger partial charge in [-0.15, -0.1) is 0 Å². The molecule has 102 valence electrons. The largest absolute Gasteiger partial charge is 0.314 e. The van der Waals surface area contributed by atoms with Gasteiger partial charge < -0.3 is 5.32 Å². The molecule has 0 heterocycles. The fraction of sp³-hybridized carbons (Fsp3) is 1.00. The van der Waals surface area contributed by atoms with Crippen LogP contribution in [-0.2, 0) is 0 Å². The third-order valence-electron chi connectivity index (χ3n) is 4.48. The van der Waals surface area contributed by atoms with E-state index in [1.165, 1.54) is 51.5 Å². The van der Waals surface area contributed by atoms with E-state index in [1.54, 1.807) is 0 Å². The van der Waals surface area contributed by atoms with Gasteiger partial charge in [0.1, 0.15) is 0 Å². The summed E-state index contributed by atoms with van der Waals surface area (Å²) in [6, 6.07) is 0.639. The van der Waals surface area contributed by atoms with E-state index in [4.69, 9.17) is 0 Å². The molecule has 0 aromatic carbocycles. The van der Waals surface area contributed by atoms with E-state index in [1.807, 2.05) is 0 Å². The Labute approximate surface area is 109 Å². The molecule has 0 saturated heterocycles. The molecular formula is C16H33N. The standard InChI is InChI=1S/C16H33N/c1-5-9-14(4)16-11-8-6-7-10-15(16)12-17-13(2)3/h13-17H,5-12H2,1-4H3. The molecule has 1 rings (SSSR count). The smallest absolute Gasteiger partial charge is 0.00104 e. The molecule has 3 atom stereocenters. The fourth-order valence-electron chi connectivity index (χ4n) is 3.47. The van der Waals surface area contributed by atoms with Crippen LogP contribution in [0.4, 0.5) is 0 Å². The molecule has 0 radical (unpaired) electrons. The van der Waals surface area contributed by atoms with Crippen molar-refractivity contribution < 1.29 is 0 Å². The summed E-state index contributed by atoms with van der Waals surface area (Å²) in [5.74, 6) is 2.84. The summed E-state index contributed by atoms with van der Waals surface area (Å²) in [4.78, 5) is 0. The molecule has 1 saturated carbocycles. The van der Waals surface area contributed by atoms with Gasteiger partial charge in [0.2, 0.25) is 0 Å². The van der Waals surface area contributed by atoms with Crippen LogP contribution in [-0.4, -0.2) is 12.6 Å². The molecule has 0 spiro atoms. The first-order valence-electron chi connectivity index (χ1n) is 7.88. The van der Waals surface area contributed by atoms with Gasteiger partial charge in [0.05, 0.1) is 0 Å². The first-order chi connectivity index (χ1) is 8.15. The molecule has 1 heteroatoms. The lowest BCUT2D eigenvalue weighted by Gasteiger charge is -2.31. The normalized spacial score (nSPS) is 28.1. The second-order valence-electron chi connectivity index (χ2n) is 6.39. The van der Waals surface area contributed by atoms with Crippen molar-refractivity contribution in [2.24, 2.45) is 17.8 Å². The topological polar surface area (TPSA) is 12.0 Å². The Morgan fingerprint density at radius 3 is 2.41 bits per heavy atom. The van der Waals surface area contributed by atoms with Gasteiger partial charge in [0, 0.05) is 6.04 Å². The van der Waals surface area contributed by atoms with Crippen molar-refractivity contribution in [1.82, 2.24) is 5.32 Å². The molecule has 1 aliphatic carbocycles. The van der Waals surface area contributed by atoms with E-state index >= 15 is 0 Å². The maximum absolute atomic E-state index is 3.67. The molecule has 1 aliphatic rings. The summed E-state index contributed by atoms with van der Waals surface area (Å²) >= 11 is 0. The van der Waals surface area contributed by atoms with Gasteiger partial charge in [-0.2, -0.15) is 0 Å². The first-order valence-corrected chi connectivity index (χ1v) is 7.88. The van der Waals surface area contributed by atoms with Gasteiger partial charge in [0.25, 0.3) is 0 Å². The van der Waals surface area contributed by atoms with E-state index < -0.39 is 0 Å². The van der Waals surface area contributed by atoms with Gasteiger partial charge in [-0.1, -0.05) is 59.8 Å². The predicted molar refractivity (Wildman–Crippen MR) is 77.3 cm³/mol. The van der Waals surface area contributed by atoms with Crippen LogP contribution in [0.5, 0.6) is 0 Å². The predicted octanol–water partition coefficient (Wildman–Crippen LogP) is 4.62. The molecule has 0 amide bonds. The van der Waals surface area contributed by atoms with Crippen LogP contribution in [0.2, 0.25) is 0 Å². The SMILES string of the molecule is CCCC(C)C1CCCCCC1CNC(C)C. The third kappa shape index (κ3) is 5.42. The third-order valence-corrected chi connectivity index (χ3v) is 4.48. The highest BCUT2D eigenvalue weighted by Gasteiger charge is 2.27. The summed E-state index contributed by atoms with van der Waals surface area (Å²) in [7, 11) is 0. The zero-order chi connectivity index (χ0) is 12.7. The molecule has 1 nitrogen and oxygen atoms in total. The Kier molecular flexibility index (Phi) is 7.18. The van der Waals surface area contributed by atoms with Crippen molar-refractivity contribution in [2.75, 3.05) is 6.54 Å². The molecular weight excluding hydrogens is 206 g/mol. The van der Waals surface area contributed by atoms with Gasteiger partial charge in [-0.05, 0) is 37.1 Å². The lowest BCUT2D eigenvalue weighted by Crippen LogP contribution is -2.34. The van der Waals surface area contributed by atoms with E-state index in [-0.39, 0.29) is 0 Å². The molecule has 0 bridgehead atoms. The highest BCUT2D eigenvalue weighted by molar-refractivity contribution is 4.79. The summed E-state index contributed by atoms with van der Waals surface area (Å²) in [6.45, 7) is 10.6. The Balaban J connectivity index is 2.52. The van der Waals surface area contributed by atoms with Crippen molar-refractivity contribution in [2.45, 2.75) is 78.7 Å². The summed E-state index contributed by atoms with van der Waals surface area (Å²) in [6.07, 6.45) is 10.1. The summed E-state index contributed by atoms with van der Waals surface area (Å²) < 4.78 is 0. The zero-order valence-electron chi connectivity index (χ0n) is 12.5. The molecule has 0 aromatic heterocycles. The van der Waals surface area contributed by atoms with Crippen LogP contribution in [0.3, 0.4) is 0 Å². The minimum atomic E-state index is 0.639. The lowest BCUT2D eigenvalue weighted by molar-refractivity contribution is 0.206. The maximum atomic E-state index is 3.67. The van der Waals surface area contributed by atoms with Crippen LogP contribution in [0.15, 0.2) is 0 Å². The molecule has 3 unspecified atom stereocenters. The highest BCUT2D eigenvalue weighted by Crippen LogP contribution is 2.35. The molecule has 1 N–H and O–H groups in total. The Hall–Kier alpha value is -0.0400. The van der Waals surface area contributed by atoms with Gasteiger partial charge in [-0.25, -0.2) is 0 Å². The second-order valence-corrected chi connectivity index (χ2v) is 6.39. The van der Waals surface area contributed by atoms with Gasteiger partial charge >= 0.3 is 0 Å². The van der Waals surface area contributed by atoms with E-state index in [2.05, 4.69) is 33.0 Å². The number of hydrogen-bond donors (Lipinski definition) is 1. The average Bonchev–Trinajstić information content (AvgIpc) is 2.51. The Morgan fingerprint density at radius 1 is 1.06 bits per heavy atom. The molecule has 0 aromatic rings. The van der Waals surface area contributed by atoms with E-state index in [9.17, 15) is 0 Å². The second kappa shape index (κ2) is 8.13. The van der Waals surface area contributed by atoms with Crippen molar-refractivity contribution >= 4 is 0 Å². The molecule has 0 aliphatic heterocycles. The van der Waals surface area contributed by atoms with Crippen molar-refractivity contribution in [3.05, 3.63) is 0 Å². The van der Waals surface area contributed by atoms with Crippen molar-refractivity contribution in [3.63, 3.8) is 0 Å². The highest BCUT2D eigenvalue weighted by atomic mass is 14.9. The van der Waals surface area contributed by atoms with Gasteiger partial charge in [0.15, 0.2) is 0 Å².